The minimum atomic E-state index is -1.49. The first-order valence-electron chi connectivity index (χ1n) is 3.26. The van der Waals surface area contributed by atoms with Crippen LogP contribution in [0.5, 0.6) is 0 Å². The van der Waals surface area contributed by atoms with E-state index in [4.69, 9.17) is 20.4 Å². The van der Waals surface area contributed by atoms with E-state index in [0.717, 1.165) is 7.11 Å². The van der Waals surface area contributed by atoms with Crippen molar-refractivity contribution in [2.45, 2.75) is 18.3 Å². The van der Waals surface area contributed by atoms with Crippen LogP contribution < -0.4 is 0 Å². The van der Waals surface area contributed by atoms with Crippen molar-refractivity contribution in [2.24, 2.45) is 0 Å². The molecule has 68 valence electrons. The average molecular weight is 166 g/mol. The molecule has 1 rings (SSSR count). The molecule has 5 nitrogen and oxygen atoms in total. The van der Waals surface area contributed by atoms with Crippen LogP contribution in [0.15, 0.2) is 0 Å². The molecule has 11 heavy (non-hydrogen) atoms. The molecule has 2 atom stereocenters. The SMILES string of the molecule is CO.OCC1(O)CC(O)CO1. The highest BCUT2D eigenvalue weighted by atomic mass is 16.6. The molecule has 1 fully saturated rings. The van der Waals surface area contributed by atoms with Gasteiger partial charge in [0.05, 0.1) is 19.3 Å². The summed E-state index contributed by atoms with van der Waals surface area (Å²) in [6.07, 6.45) is -0.536. The van der Waals surface area contributed by atoms with E-state index in [1.54, 1.807) is 0 Å². The Morgan fingerprint density at radius 3 is 2.27 bits per heavy atom. The van der Waals surface area contributed by atoms with E-state index < -0.39 is 18.5 Å². The fourth-order valence-electron chi connectivity index (χ4n) is 0.848. The highest BCUT2D eigenvalue weighted by Crippen LogP contribution is 2.21. The molecule has 5 heteroatoms. The first kappa shape index (κ1) is 10.8. The summed E-state index contributed by atoms with van der Waals surface area (Å²) in [6.45, 7) is -0.346. The van der Waals surface area contributed by atoms with Gasteiger partial charge in [-0.1, -0.05) is 0 Å². The van der Waals surface area contributed by atoms with E-state index in [1.807, 2.05) is 0 Å². The minimum absolute atomic E-state index is 0.101. The van der Waals surface area contributed by atoms with Crippen molar-refractivity contribution in [2.75, 3.05) is 20.3 Å². The molecule has 1 saturated heterocycles. The number of hydrogen-bond acceptors (Lipinski definition) is 5. The van der Waals surface area contributed by atoms with Crippen molar-refractivity contribution < 1.29 is 25.2 Å². The fraction of sp³-hybridized carbons (Fsp3) is 1.00. The van der Waals surface area contributed by atoms with Gasteiger partial charge in [-0.2, -0.15) is 0 Å². The number of ether oxygens (including phenoxy) is 1. The van der Waals surface area contributed by atoms with Gasteiger partial charge >= 0.3 is 0 Å². The first-order chi connectivity index (χ1) is 5.16. The normalized spacial score (nSPS) is 36.3. The van der Waals surface area contributed by atoms with E-state index in [1.165, 1.54) is 0 Å². The third-order valence-corrected chi connectivity index (χ3v) is 1.35. The van der Waals surface area contributed by atoms with Crippen molar-refractivity contribution in [3.05, 3.63) is 0 Å². The maximum Gasteiger partial charge on any atom is 0.191 e. The second-order valence-electron chi connectivity index (χ2n) is 2.27. The summed E-state index contributed by atoms with van der Waals surface area (Å²) >= 11 is 0. The Kier molecular flexibility index (Phi) is 4.55. The van der Waals surface area contributed by atoms with Crippen LogP contribution in [-0.4, -0.2) is 52.6 Å². The van der Waals surface area contributed by atoms with E-state index in [-0.39, 0.29) is 13.0 Å². The van der Waals surface area contributed by atoms with Gasteiger partial charge < -0.3 is 25.2 Å². The molecule has 0 saturated carbocycles. The summed E-state index contributed by atoms with van der Waals surface area (Å²) in [5.74, 6) is -1.49. The van der Waals surface area contributed by atoms with Crippen molar-refractivity contribution in [1.82, 2.24) is 0 Å². The van der Waals surface area contributed by atoms with Gasteiger partial charge in [-0.15, -0.1) is 0 Å². The van der Waals surface area contributed by atoms with Gasteiger partial charge in [-0.05, 0) is 0 Å². The van der Waals surface area contributed by atoms with E-state index >= 15 is 0 Å². The number of aliphatic hydroxyl groups excluding tert-OH is 3. The van der Waals surface area contributed by atoms with Crippen LogP contribution in [0.1, 0.15) is 6.42 Å². The number of aliphatic hydroxyl groups is 4. The molecule has 1 heterocycles. The average Bonchev–Trinajstić information content (AvgIpc) is 2.37. The van der Waals surface area contributed by atoms with Crippen LogP contribution >= 0.6 is 0 Å². The van der Waals surface area contributed by atoms with Crippen molar-refractivity contribution >= 4 is 0 Å². The zero-order chi connectivity index (χ0) is 8.91. The third-order valence-electron chi connectivity index (χ3n) is 1.35. The molecule has 0 aromatic carbocycles. The lowest BCUT2D eigenvalue weighted by atomic mass is 10.2. The largest absolute Gasteiger partial charge is 0.400 e. The van der Waals surface area contributed by atoms with Crippen LogP contribution in [0.2, 0.25) is 0 Å². The molecular weight excluding hydrogens is 152 g/mol. The molecule has 0 spiro atoms. The number of rotatable bonds is 1. The Morgan fingerprint density at radius 1 is 1.55 bits per heavy atom. The van der Waals surface area contributed by atoms with E-state index in [0.29, 0.717) is 0 Å². The van der Waals surface area contributed by atoms with E-state index in [2.05, 4.69) is 4.74 Å². The molecule has 0 radical (unpaired) electrons. The summed E-state index contributed by atoms with van der Waals surface area (Å²) in [7, 11) is 1.00. The lowest BCUT2D eigenvalue weighted by Gasteiger charge is -2.16. The Morgan fingerprint density at radius 2 is 2.09 bits per heavy atom. The van der Waals surface area contributed by atoms with Crippen molar-refractivity contribution in [3.8, 4) is 0 Å². The lowest BCUT2D eigenvalue weighted by molar-refractivity contribution is -0.193. The van der Waals surface area contributed by atoms with Crippen molar-refractivity contribution in [3.63, 3.8) is 0 Å². The maximum absolute atomic E-state index is 9.04. The van der Waals surface area contributed by atoms with E-state index in [9.17, 15) is 0 Å². The predicted molar refractivity (Wildman–Crippen MR) is 36.8 cm³/mol. The highest BCUT2D eigenvalue weighted by Gasteiger charge is 2.36. The summed E-state index contributed by atoms with van der Waals surface area (Å²) in [6, 6.07) is 0. The molecule has 0 aliphatic carbocycles. The Labute approximate surface area is 64.9 Å². The predicted octanol–water partition coefficient (Wildman–Crippen LogP) is -1.94. The van der Waals surface area contributed by atoms with Gasteiger partial charge in [0.1, 0.15) is 0 Å². The summed E-state index contributed by atoms with van der Waals surface area (Å²) in [4.78, 5) is 0. The highest BCUT2D eigenvalue weighted by molar-refractivity contribution is 4.77. The lowest BCUT2D eigenvalue weighted by Crippen LogP contribution is -2.32. The molecule has 0 amide bonds. The van der Waals surface area contributed by atoms with Gasteiger partial charge in [-0.3, -0.25) is 0 Å². The minimum Gasteiger partial charge on any atom is -0.400 e. The van der Waals surface area contributed by atoms with Gasteiger partial charge in [0.25, 0.3) is 0 Å². The van der Waals surface area contributed by atoms with Crippen LogP contribution in [0.4, 0.5) is 0 Å². The van der Waals surface area contributed by atoms with Gasteiger partial charge in [0.2, 0.25) is 0 Å². The molecule has 1 aliphatic heterocycles. The van der Waals surface area contributed by atoms with Crippen LogP contribution in [0.25, 0.3) is 0 Å². The zero-order valence-electron chi connectivity index (χ0n) is 6.40. The maximum atomic E-state index is 9.04. The van der Waals surface area contributed by atoms with Gasteiger partial charge in [0.15, 0.2) is 5.79 Å². The Bertz CT molecular complexity index is 107. The molecule has 2 unspecified atom stereocenters. The van der Waals surface area contributed by atoms with Gasteiger partial charge in [-0.25, -0.2) is 0 Å². The monoisotopic (exact) mass is 166 g/mol. The summed E-state index contributed by atoms with van der Waals surface area (Å²) in [5, 5.41) is 33.3. The second-order valence-corrected chi connectivity index (χ2v) is 2.27. The standard InChI is InChI=1S/C5H10O4.CH4O/c6-3-5(8)1-4(7)2-9-5;1-2/h4,6-8H,1-3H2;2H,1H3. The van der Waals surface area contributed by atoms with Gasteiger partial charge in [0, 0.05) is 13.5 Å². The fourth-order valence-corrected chi connectivity index (χ4v) is 0.848. The molecule has 4 N–H and O–H groups in total. The Hall–Kier alpha value is -0.200. The summed E-state index contributed by atoms with van der Waals surface area (Å²) < 4.78 is 4.66. The summed E-state index contributed by atoms with van der Waals surface area (Å²) in [5.41, 5.74) is 0. The van der Waals surface area contributed by atoms with Crippen LogP contribution in [-0.2, 0) is 4.74 Å². The second kappa shape index (κ2) is 4.63. The molecular formula is C6H14O5. The quantitative estimate of drug-likeness (QED) is 0.364. The molecule has 1 aliphatic rings. The number of hydrogen-bond donors (Lipinski definition) is 4. The van der Waals surface area contributed by atoms with Crippen molar-refractivity contribution in [1.29, 1.82) is 0 Å². The molecule has 0 bridgehead atoms. The zero-order valence-corrected chi connectivity index (χ0v) is 6.40. The Balaban J connectivity index is 0.000000461. The smallest absolute Gasteiger partial charge is 0.191 e. The molecule has 0 aromatic heterocycles. The topological polar surface area (TPSA) is 90.2 Å². The molecule has 0 aromatic rings. The van der Waals surface area contributed by atoms with Crippen LogP contribution in [0.3, 0.4) is 0 Å². The third kappa shape index (κ3) is 3.13. The first-order valence-corrected chi connectivity index (χ1v) is 3.26. The van der Waals surface area contributed by atoms with Crippen LogP contribution in [0, 0.1) is 0 Å².